The first-order chi connectivity index (χ1) is 17.5. The van der Waals surface area contributed by atoms with Crippen LogP contribution in [0, 0.1) is 23.4 Å². The molecule has 0 aromatic heterocycles. The third-order valence-corrected chi connectivity index (χ3v) is 7.37. The van der Waals surface area contributed by atoms with Crippen LogP contribution in [0.4, 0.5) is 13.2 Å². The van der Waals surface area contributed by atoms with E-state index in [1.54, 1.807) is 18.2 Å². The fraction of sp³-hybridized carbons (Fsp3) is 0.375. The van der Waals surface area contributed by atoms with Gasteiger partial charge in [-0.1, -0.05) is 81.1 Å². The lowest BCUT2D eigenvalue weighted by molar-refractivity contribution is 0.386. The Morgan fingerprint density at radius 2 is 1.64 bits per heavy atom. The molecule has 1 aliphatic rings. The first kappa shape index (κ1) is 26.1. The van der Waals surface area contributed by atoms with E-state index in [2.05, 4.69) is 13.0 Å². The van der Waals surface area contributed by atoms with E-state index < -0.39 is 17.5 Å². The van der Waals surface area contributed by atoms with Crippen molar-refractivity contribution in [1.29, 1.82) is 0 Å². The highest BCUT2D eigenvalue weighted by Gasteiger charge is 2.20. The fourth-order valence-electron chi connectivity index (χ4n) is 5.10. The monoisotopic (exact) mass is 492 g/mol. The quantitative estimate of drug-likeness (QED) is 0.256. The van der Waals surface area contributed by atoms with E-state index in [1.807, 2.05) is 30.3 Å². The van der Waals surface area contributed by atoms with Gasteiger partial charge in [0.15, 0.2) is 23.2 Å². The molecule has 0 saturated heterocycles. The molecule has 1 aliphatic carbocycles. The molecular weight excluding hydrogens is 457 g/mol. The largest absolute Gasteiger partial charge is 0.494 e. The molecule has 3 aromatic carbocycles. The third-order valence-electron chi connectivity index (χ3n) is 7.37. The summed E-state index contributed by atoms with van der Waals surface area (Å²) in [6.45, 7) is 2.21. The number of allylic oxidation sites excluding steroid dienone is 2. The van der Waals surface area contributed by atoms with Gasteiger partial charge in [-0.15, -0.1) is 0 Å². The fourth-order valence-corrected chi connectivity index (χ4v) is 5.10. The van der Waals surface area contributed by atoms with E-state index in [1.165, 1.54) is 38.9 Å². The van der Waals surface area contributed by atoms with E-state index in [9.17, 15) is 13.2 Å². The van der Waals surface area contributed by atoms with E-state index in [0.717, 1.165) is 41.5 Å². The number of ether oxygens (including phenoxy) is 1. The maximum Gasteiger partial charge on any atom is 0.166 e. The molecule has 3 aromatic rings. The van der Waals surface area contributed by atoms with Gasteiger partial charge in [-0.2, -0.15) is 0 Å². The number of hydrogen-bond donors (Lipinski definition) is 0. The van der Waals surface area contributed by atoms with Crippen molar-refractivity contribution in [2.75, 3.05) is 7.11 Å². The number of unbranched alkanes of at least 4 members (excludes halogenated alkanes) is 2. The molecule has 1 atom stereocenters. The summed E-state index contributed by atoms with van der Waals surface area (Å²) in [6, 6.07) is 16.1. The van der Waals surface area contributed by atoms with Gasteiger partial charge in [-0.3, -0.25) is 0 Å². The Bertz CT molecular complexity index is 1200. The second-order valence-electron chi connectivity index (χ2n) is 9.81. The van der Waals surface area contributed by atoms with Crippen molar-refractivity contribution >= 4 is 5.57 Å². The van der Waals surface area contributed by atoms with Crippen molar-refractivity contribution in [2.45, 2.75) is 64.7 Å². The molecule has 190 valence electrons. The van der Waals surface area contributed by atoms with Crippen LogP contribution in [0.15, 0.2) is 60.7 Å². The molecule has 0 radical (unpaired) electrons. The summed E-state index contributed by atoms with van der Waals surface area (Å²) in [5, 5.41) is 0. The van der Waals surface area contributed by atoms with Crippen molar-refractivity contribution in [3.8, 4) is 16.9 Å². The van der Waals surface area contributed by atoms with E-state index in [-0.39, 0.29) is 5.75 Å². The Morgan fingerprint density at radius 1 is 0.861 bits per heavy atom. The lowest BCUT2D eigenvalue weighted by Gasteiger charge is -2.22. The molecule has 0 heterocycles. The van der Waals surface area contributed by atoms with Gasteiger partial charge in [0, 0.05) is 5.56 Å². The number of methoxy groups -OCH3 is 1. The molecule has 1 nitrogen and oxygen atoms in total. The van der Waals surface area contributed by atoms with Crippen molar-refractivity contribution < 1.29 is 17.9 Å². The predicted octanol–water partition coefficient (Wildman–Crippen LogP) is 9.33. The highest BCUT2D eigenvalue weighted by atomic mass is 19.2. The topological polar surface area (TPSA) is 9.23 Å². The minimum atomic E-state index is -0.733. The molecule has 1 unspecified atom stereocenters. The van der Waals surface area contributed by atoms with Crippen molar-refractivity contribution in [3.05, 3.63) is 94.8 Å². The Morgan fingerprint density at radius 3 is 2.31 bits per heavy atom. The van der Waals surface area contributed by atoms with Crippen LogP contribution in [0.25, 0.3) is 16.7 Å². The highest BCUT2D eigenvalue weighted by molar-refractivity contribution is 5.67. The average molecular weight is 493 g/mol. The molecule has 0 saturated carbocycles. The van der Waals surface area contributed by atoms with Gasteiger partial charge in [0.25, 0.3) is 0 Å². The lowest BCUT2D eigenvalue weighted by Crippen LogP contribution is -2.08. The predicted molar refractivity (Wildman–Crippen MR) is 142 cm³/mol. The number of rotatable bonds is 10. The van der Waals surface area contributed by atoms with E-state index in [4.69, 9.17) is 4.74 Å². The van der Waals surface area contributed by atoms with Crippen LogP contribution >= 0.6 is 0 Å². The summed E-state index contributed by atoms with van der Waals surface area (Å²) >= 11 is 0. The zero-order valence-electron chi connectivity index (χ0n) is 21.3. The Balaban J connectivity index is 1.38. The Labute approximate surface area is 213 Å². The zero-order chi connectivity index (χ0) is 25.5. The van der Waals surface area contributed by atoms with Crippen LogP contribution in [-0.2, 0) is 12.8 Å². The van der Waals surface area contributed by atoms with Crippen LogP contribution < -0.4 is 4.74 Å². The molecule has 0 aliphatic heterocycles. The van der Waals surface area contributed by atoms with E-state index in [0.29, 0.717) is 29.9 Å². The molecule has 0 N–H and O–H groups in total. The second-order valence-corrected chi connectivity index (χ2v) is 9.81. The van der Waals surface area contributed by atoms with Crippen LogP contribution in [0.1, 0.15) is 68.6 Å². The normalized spacial score (nSPS) is 15.6. The van der Waals surface area contributed by atoms with Gasteiger partial charge < -0.3 is 4.74 Å². The van der Waals surface area contributed by atoms with Crippen LogP contribution in [-0.4, -0.2) is 7.11 Å². The summed E-state index contributed by atoms with van der Waals surface area (Å²) in [5.74, 6) is -0.982. The molecule has 4 rings (SSSR count). The average Bonchev–Trinajstić information content (AvgIpc) is 2.90. The summed E-state index contributed by atoms with van der Waals surface area (Å²) in [7, 11) is 1.44. The maximum atomic E-state index is 15.0. The van der Waals surface area contributed by atoms with Gasteiger partial charge >= 0.3 is 0 Å². The molecule has 0 spiro atoms. The third kappa shape index (κ3) is 6.21. The SMILES string of the molecule is CCCCCC1CC=C(c2ccc(CCc3ccc(-c4ccc(OC)c(F)c4)cc3)c(F)c2F)CC1. The van der Waals surface area contributed by atoms with Gasteiger partial charge in [-0.05, 0) is 78.0 Å². The summed E-state index contributed by atoms with van der Waals surface area (Å²) in [4.78, 5) is 0. The van der Waals surface area contributed by atoms with Crippen molar-refractivity contribution in [2.24, 2.45) is 5.92 Å². The first-order valence-electron chi connectivity index (χ1n) is 13.1. The Kier molecular flexibility index (Phi) is 8.90. The maximum absolute atomic E-state index is 15.0. The minimum absolute atomic E-state index is 0.210. The van der Waals surface area contributed by atoms with Gasteiger partial charge in [0.05, 0.1) is 7.11 Å². The minimum Gasteiger partial charge on any atom is -0.494 e. The second kappa shape index (κ2) is 12.3. The summed E-state index contributed by atoms with van der Waals surface area (Å²) in [6.07, 6.45) is 10.9. The molecule has 4 heteroatoms. The number of aryl methyl sites for hydroxylation is 2. The molecule has 0 amide bonds. The van der Waals surface area contributed by atoms with Crippen molar-refractivity contribution in [1.82, 2.24) is 0 Å². The number of benzene rings is 3. The highest BCUT2D eigenvalue weighted by Crippen LogP contribution is 2.35. The molecular formula is C32H35F3O. The van der Waals surface area contributed by atoms with Gasteiger partial charge in [0.2, 0.25) is 0 Å². The van der Waals surface area contributed by atoms with Gasteiger partial charge in [0.1, 0.15) is 0 Å². The standard InChI is InChI=1S/C32H35F3O/c1-3-4-5-6-22-9-14-25(15-10-22)28-19-17-26(31(34)32(28)35)16-11-23-7-12-24(13-8-23)27-18-20-30(36-2)29(33)21-27/h7-8,12-14,17-22H,3-6,9-11,15-16H2,1-2H3. The summed E-state index contributed by atoms with van der Waals surface area (Å²) < 4.78 is 48.9. The first-order valence-corrected chi connectivity index (χ1v) is 13.1. The lowest BCUT2D eigenvalue weighted by atomic mass is 9.83. The van der Waals surface area contributed by atoms with Crippen molar-refractivity contribution in [3.63, 3.8) is 0 Å². The van der Waals surface area contributed by atoms with E-state index >= 15 is 0 Å². The van der Waals surface area contributed by atoms with Crippen LogP contribution in [0.3, 0.4) is 0 Å². The number of hydrogen-bond acceptors (Lipinski definition) is 1. The van der Waals surface area contributed by atoms with Gasteiger partial charge in [-0.25, -0.2) is 13.2 Å². The Hall–Kier alpha value is -3.01. The summed E-state index contributed by atoms with van der Waals surface area (Å²) in [5.41, 5.74) is 4.41. The molecule has 36 heavy (non-hydrogen) atoms. The smallest absolute Gasteiger partial charge is 0.166 e. The number of halogens is 3. The van der Waals surface area contributed by atoms with Crippen LogP contribution in [0.5, 0.6) is 5.75 Å². The molecule has 0 bridgehead atoms. The zero-order valence-corrected chi connectivity index (χ0v) is 21.3. The van der Waals surface area contributed by atoms with Crippen LogP contribution in [0.2, 0.25) is 0 Å². The molecule has 0 fully saturated rings.